The van der Waals surface area contributed by atoms with E-state index >= 15 is 0 Å². The first-order chi connectivity index (χ1) is 18.6. The van der Waals surface area contributed by atoms with E-state index in [9.17, 15) is 14.0 Å². The van der Waals surface area contributed by atoms with Crippen LogP contribution in [0, 0.1) is 5.82 Å². The maximum absolute atomic E-state index is 14.6. The summed E-state index contributed by atoms with van der Waals surface area (Å²) in [7, 11) is 0. The van der Waals surface area contributed by atoms with E-state index in [-0.39, 0.29) is 30.3 Å². The van der Waals surface area contributed by atoms with Crippen LogP contribution in [0.25, 0.3) is 22.3 Å². The Labute approximate surface area is 229 Å². The molecule has 0 aliphatic rings. The number of amides is 2. The molecule has 1 aromatic carbocycles. The molecular weight excluding hydrogens is 525 g/mol. The predicted molar refractivity (Wildman–Crippen MR) is 147 cm³/mol. The van der Waals surface area contributed by atoms with Crippen LogP contribution in [0.1, 0.15) is 33.6 Å². The Hall–Kier alpha value is -4.38. The molecule has 0 aliphatic heterocycles. The van der Waals surface area contributed by atoms with Gasteiger partial charge < -0.3 is 20.7 Å². The van der Waals surface area contributed by atoms with Crippen molar-refractivity contribution in [2.24, 2.45) is 0 Å². The Morgan fingerprint density at radius 2 is 1.85 bits per heavy atom. The molecule has 3 aromatic heterocycles. The maximum Gasteiger partial charge on any atom is 0.407 e. The van der Waals surface area contributed by atoms with Crippen molar-refractivity contribution in [1.82, 2.24) is 25.3 Å². The number of carbonyl (C=O) groups excluding carboxylic acids is 2. The number of alkyl carbamates (subject to hydrolysis) is 1. The zero-order chi connectivity index (χ0) is 28.0. The van der Waals surface area contributed by atoms with Crippen molar-refractivity contribution in [3.05, 3.63) is 65.8 Å². The third-order valence-corrected chi connectivity index (χ3v) is 5.47. The Bertz CT molecular complexity index is 1510. The lowest BCUT2D eigenvalue weighted by molar-refractivity contribution is -0.116. The second kappa shape index (κ2) is 12.0. The normalized spacial score (nSPS) is 11.2. The van der Waals surface area contributed by atoms with Crippen LogP contribution in [0.2, 0.25) is 5.02 Å². The van der Waals surface area contributed by atoms with Gasteiger partial charge in [-0.3, -0.25) is 4.79 Å². The Kier molecular flexibility index (Phi) is 8.50. The molecule has 0 fully saturated rings. The molecule has 2 amide bonds. The van der Waals surface area contributed by atoms with Crippen LogP contribution in [0.4, 0.5) is 26.5 Å². The van der Waals surface area contributed by atoms with E-state index in [0.717, 1.165) is 0 Å². The van der Waals surface area contributed by atoms with Crippen LogP contribution in [0.5, 0.6) is 0 Å². The van der Waals surface area contributed by atoms with Crippen molar-refractivity contribution in [1.29, 1.82) is 0 Å². The van der Waals surface area contributed by atoms with Gasteiger partial charge >= 0.3 is 6.09 Å². The molecule has 0 saturated heterocycles. The van der Waals surface area contributed by atoms with Gasteiger partial charge in [0.1, 0.15) is 29.4 Å². The van der Waals surface area contributed by atoms with E-state index in [1.165, 1.54) is 24.5 Å². The van der Waals surface area contributed by atoms with E-state index in [1.54, 1.807) is 45.2 Å². The highest BCUT2D eigenvalue weighted by atomic mass is 35.5. The fourth-order valence-electron chi connectivity index (χ4n) is 3.58. The lowest BCUT2D eigenvalue weighted by Crippen LogP contribution is -2.33. The zero-order valence-electron chi connectivity index (χ0n) is 21.6. The van der Waals surface area contributed by atoms with Gasteiger partial charge in [-0.25, -0.2) is 29.1 Å². The van der Waals surface area contributed by atoms with Gasteiger partial charge in [0.15, 0.2) is 5.65 Å². The van der Waals surface area contributed by atoms with Crippen LogP contribution < -0.4 is 16.0 Å². The number of hydrogen-bond acceptors (Lipinski definition) is 8. The summed E-state index contributed by atoms with van der Waals surface area (Å²) in [6.07, 6.45) is 2.95. The number of hydrogen-bond donors (Lipinski definition) is 3. The summed E-state index contributed by atoms with van der Waals surface area (Å²) >= 11 is 6.09. The largest absolute Gasteiger partial charge is 0.444 e. The van der Waals surface area contributed by atoms with Crippen LogP contribution in [0.3, 0.4) is 0 Å². The molecule has 4 rings (SSSR count). The monoisotopic (exact) mass is 551 g/mol. The number of pyridine rings is 2. The molecule has 0 unspecified atom stereocenters. The molecule has 0 saturated carbocycles. The first kappa shape index (κ1) is 27.6. The van der Waals surface area contributed by atoms with Crippen molar-refractivity contribution in [2.45, 2.75) is 39.2 Å². The summed E-state index contributed by atoms with van der Waals surface area (Å²) in [5, 5.41) is 9.58. The Morgan fingerprint density at radius 1 is 1.05 bits per heavy atom. The van der Waals surface area contributed by atoms with E-state index in [0.29, 0.717) is 39.7 Å². The lowest BCUT2D eigenvalue weighted by atomic mass is 10.1. The Morgan fingerprint density at radius 3 is 2.64 bits per heavy atom. The number of nitrogens with one attached hydrogen (secondary N) is 3. The highest BCUT2D eigenvalue weighted by molar-refractivity contribution is 6.30. The van der Waals surface area contributed by atoms with E-state index < -0.39 is 17.5 Å². The maximum atomic E-state index is 14.6. The molecular formula is C27H27ClFN7O3. The van der Waals surface area contributed by atoms with E-state index in [2.05, 4.69) is 35.9 Å². The molecule has 3 N–H and O–H groups in total. The molecule has 39 heavy (non-hydrogen) atoms. The number of anilines is 3. The number of rotatable bonds is 8. The minimum absolute atomic E-state index is 0.164. The van der Waals surface area contributed by atoms with Crippen LogP contribution in [-0.4, -0.2) is 44.1 Å². The average Bonchev–Trinajstić information content (AvgIpc) is 2.87. The molecule has 3 heterocycles. The van der Waals surface area contributed by atoms with Crippen LogP contribution in [-0.2, 0) is 9.53 Å². The quantitative estimate of drug-likeness (QED) is 0.232. The minimum Gasteiger partial charge on any atom is -0.444 e. The fraction of sp³-hybridized carbons (Fsp3) is 0.259. The summed E-state index contributed by atoms with van der Waals surface area (Å²) in [6, 6.07) is 11.1. The second-order valence-corrected chi connectivity index (χ2v) is 9.98. The zero-order valence-corrected chi connectivity index (χ0v) is 22.3. The summed E-state index contributed by atoms with van der Waals surface area (Å²) in [4.78, 5) is 41.2. The number of aromatic nitrogens is 4. The lowest BCUT2D eigenvalue weighted by Gasteiger charge is -2.19. The number of carbonyl (C=O) groups is 2. The second-order valence-electron chi connectivity index (χ2n) is 9.55. The highest BCUT2D eigenvalue weighted by Crippen LogP contribution is 2.32. The first-order valence-electron chi connectivity index (χ1n) is 12.1. The third-order valence-electron chi connectivity index (χ3n) is 5.23. The van der Waals surface area contributed by atoms with Crippen molar-refractivity contribution in [2.75, 3.05) is 17.2 Å². The van der Waals surface area contributed by atoms with Crippen molar-refractivity contribution in [3.8, 4) is 11.3 Å². The fourth-order valence-corrected chi connectivity index (χ4v) is 3.76. The van der Waals surface area contributed by atoms with Gasteiger partial charge in [0.25, 0.3) is 0 Å². The number of fused-ring (bicyclic) bond motifs is 1. The van der Waals surface area contributed by atoms with Crippen molar-refractivity contribution >= 4 is 52.0 Å². The molecule has 202 valence electrons. The molecule has 0 bridgehead atoms. The van der Waals surface area contributed by atoms with Gasteiger partial charge in [-0.2, -0.15) is 0 Å². The number of halogens is 2. The van der Waals surface area contributed by atoms with Crippen LogP contribution in [0.15, 0.2) is 55.0 Å². The smallest absolute Gasteiger partial charge is 0.407 e. The summed E-state index contributed by atoms with van der Waals surface area (Å²) in [6.45, 7) is 5.61. The summed E-state index contributed by atoms with van der Waals surface area (Å²) in [5.74, 6) is -0.0691. The topological polar surface area (TPSA) is 131 Å². The van der Waals surface area contributed by atoms with Gasteiger partial charge in [0, 0.05) is 41.2 Å². The van der Waals surface area contributed by atoms with Gasteiger partial charge in [-0.05, 0) is 63.6 Å². The molecule has 0 atom stereocenters. The number of benzene rings is 1. The van der Waals surface area contributed by atoms with Crippen molar-refractivity contribution < 1.29 is 18.7 Å². The average molecular weight is 552 g/mol. The molecule has 0 radical (unpaired) electrons. The Balaban J connectivity index is 1.45. The minimum atomic E-state index is -0.591. The standard InChI is InChI=1S/C27H27ClFN7O3/c1-27(2,3)39-26(38)31-11-5-7-24(37)36-23-14-22(32-15-33-23)34-20-13-21(18-12-16(28)8-9-19(18)29)35-25-17(20)6-4-10-30-25/h4,6,8-10,12-15H,5,7,11H2,1-3H3,(H,31,38)(H2,30,32,33,34,35,36,37). The number of ether oxygens (including phenoxy) is 1. The number of nitrogens with zero attached hydrogens (tertiary/aromatic N) is 4. The predicted octanol–water partition coefficient (Wildman–Crippen LogP) is 5.87. The molecule has 4 aromatic rings. The first-order valence-corrected chi connectivity index (χ1v) is 12.5. The van der Waals surface area contributed by atoms with Crippen molar-refractivity contribution in [3.63, 3.8) is 0 Å². The molecule has 10 nitrogen and oxygen atoms in total. The summed E-state index contributed by atoms with van der Waals surface area (Å²) < 4.78 is 19.7. The van der Waals surface area contributed by atoms with Gasteiger partial charge in [-0.15, -0.1) is 0 Å². The van der Waals surface area contributed by atoms with E-state index in [4.69, 9.17) is 16.3 Å². The molecule has 12 heteroatoms. The summed E-state index contributed by atoms with van der Waals surface area (Å²) in [5.41, 5.74) is 0.957. The third kappa shape index (κ3) is 7.81. The van der Waals surface area contributed by atoms with Crippen LogP contribution >= 0.6 is 11.6 Å². The van der Waals surface area contributed by atoms with Gasteiger partial charge in [0.2, 0.25) is 5.91 Å². The van der Waals surface area contributed by atoms with E-state index in [1.807, 2.05) is 6.07 Å². The SMILES string of the molecule is CC(C)(C)OC(=O)NCCCC(=O)Nc1cc(Nc2cc(-c3cc(Cl)ccc3F)nc3ncccc23)ncn1. The highest BCUT2D eigenvalue weighted by Gasteiger charge is 2.16. The molecule has 0 spiro atoms. The van der Waals surface area contributed by atoms with Gasteiger partial charge in [-0.1, -0.05) is 11.6 Å². The van der Waals surface area contributed by atoms with Gasteiger partial charge in [0.05, 0.1) is 11.4 Å². The molecule has 0 aliphatic carbocycles.